The maximum Gasteiger partial charge on any atom is 0.337 e. The monoisotopic (exact) mass is 548 g/mol. The number of carbonyl (C=O) groups excluding carboxylic acids is 4. The largest absolute Gasteiger partial charge is 0.508 e. The molecule has 11 heteroatoms. The van der Waals surface area contributed by atoms with Crippen LogP contribution < -0.4 is 5.73 Å². The molecule has 3 aliphatic carbocycles. The zero-order chi connectivity index (χ0) is 29.3. The molecule has 0 spiro atoms. The first-order valence-electron chi connectivity index (χ1n) is 12.5. The van der Waals surface area contributed by atoms with Crippen LogP contribution >= 0.6 is 0 Å². The Balaban J connectivity index is 1.69. The second-order valence-corrected chi connectivity index (χ2v) is 10.5. The molecule has 3 aliphatic rings. The Kier molecular flexibility index (Phi) is 6.31. The van der Waals surface area contributed by atoms with E-state index in [0.717, 1.165) is 0 Å². The van der Waals surface area contributed by atoms with Crippen LogP contribution in [-0.4, -0.2) is 81.6 Å². The Morgan fingerprint density at radius 3 is 2.27 bits per heavy atom. The van der Waals surface area contributed by atoms with Crippen molar-refractivity contribution in [3.05, 3.63) is 70.0 Å². The highest BCUT2D eigenvalue weighted by Gasteiger charge is 2.64. The predicted octanol–water partition coefficient (Wildman–Crippen LogP) is 1.42. The summed E-state index contributed by atoms with van der Waals surface area (Å²) in [6.07, 6.45) is 0.138. The number of amides is 1. The first-order chi connectivity index (χ1) is 18.8. The average Bonchev–Trinajstić information content (AvgIpc) is 2.90. The van der Waals surface area contributed by atoms with E-state index in [1.54, 1.807) is 44.4 Å². The van der Waals surface area contributed by atoms with Gasteiger partial charge in [-0.1, -0.05) is 18.2 Å². The third kappa shape index (κ3) is 3.65. The van der Waals surface area contributed by atoms with Gasteiger partial charge in [0.2, 0.25) is 5.78 Å². The van der Waals surface area contributed by atoms with Crippen molar-refractivity contribution >= 4 is 29.2 Å². The highest BCUT2D eigenvalue weighted by atomic mass is 16.5. The number of aliphatic hydroxyl groups excluding tert-OH is 2. The van der Waals surface area contributed by atoms with Crippen LogP contribution in [0.25, 0.3) is 16.9 Å². The SMILES string of the molecule is COC(=O)c1ccc(-c2ccc(O)c3c2CC2CC4[C@H](N(C)C)C(=O)C(C(N)=O)=C(O)[C@@]4(O)C(=O)C2=C3O)cc1. The van der Waals surface area contributed by atoms with Crippen molar-refractivity contribution < 1.29 is 44.3 Å². The number of Topliss-reactive ketones (excluding diaryl/α,β-unsaturated/α-hetero) is 2. The molecule has 0 radical (unpaired) electrons. The number of benzene rings is 2. The number of phenols is 1. The molecular weight excluding hydrogens is 520 g/mol. The summed E-state index contributed by atoms with van der Waals surface area (Å²) in [5.41, 5.74) is 3.72. The third-order valence-corrected chi connectivity index (χ3v) is 8.22. The van der Waals surface area contributed by atoms with Crippen molar-refractivity contribution in [1.82, 2.24) is 4.90 Å². The van der Waals surface area contributed by atoms with Crippen LogP contribution in [0.5, 0.6) is 5.75 Å². The van der Waals surface area contributed by atoms with Crippen LogP contribution in [0.15, 0.2) is 53.3 Å². The number of carbonyl (C=O) groups is 4. The molecule has 0 saturated heterocycles. The lowest BCUT2D eigenvalue weighted by Gasteiger charge is -2.50. The Hall–Kier alpha value is -4.48. The van der Waals surface area contributed by atoms with Crippen LogP contribution in [0, 0.1) is 11.8 Å². The van der Waals surface area contributed by atoms with Crippen LogP contribution in [0.1, 0.15) is 27.9 Å². The standard InChI is InChI=1S/C29H28N2O9/c1-31(2)22-17-11-14-10-16-15(12-4-6-13(7-5-12)28(38)40-3)8-9-18(32)20(16)23(33)19(14)25(35)29(17,39)26(36)21(24(22)34)27(30)37/h4-9,14,17,22,32-33,36,39H,10-11H2,1-3H3,(H2,30,37)/t14?,17?,22-,29-/m0/s1. The number of phenolic OH excluding ortho intramolecular Hbond substituents is 1. The first kappa shape index (κ1) is 27.1. The lowest BCUT2D eigenvalue weighted by atomic mass is 9.57. The molecule has 0 aliphatic heterocycles. The third-order valence-electron chi connectivity index (χ3n) is 8.22. The molecule has 1 fully saturated rings. The van der Waals surface area contributed by atoms with Gasteiger partial charge in [-0.15, -0.1) is 0 Å². The number of nitrogens with zero attached hydrogens (tertiary/aromatic N) is 1. The summed E-state index contributed by atoms with van der Waals surface area (Å²) in [4.78, 5) is 52.5. The normalized spacial score (nSPS) is 25.9. The number of rotatable bonds is 4. The number of ether oxygens (including phenoxy) is 1. The topological polar surface area (TPSA) is 188 Å². The van der Waals surface area contributed by atoms with Gasteiger partial charge in [0.1, 0.15) is 22.8 Å². The molecule has 208 valence electrons. The van der Waals surface area contributed by atoms with Crippen LogP contribution in [0.2, 0.25) is 0 Å². The number of fused-ring (bicyclic) bond motifs is 3. The molecular formula is C29H28N2O9. The van der Waals surface area contributed by atoms with E-state index in [1.807, 2.05) is 0 Å². The summed E-state index contributed by atoms with van der Waals surface area (Å²) < 4.78 is 4.75. The Morgan fingerprint density at radius 1 is 1.05 bits per heavy atom. The van der Waals surface area contributed by atoms with Crippen molar-refractivity contribution in [3.63, 3.8) is 0 Å². The quantitative estimate of drug-likeness (QED) is 0.276. The molecule has 4 atom stereocenters. The van der Waals surface area contributed by atoms with Crippen LogP contribution in [0.3, 0.4) is 0 Å². The summed E-state index contributed by atoms with van der Waals surface area (Å²) in [6.45, 7) is 0. The van der Waals surface area contributed by atoms with Gasteiger partial charge in [-0.2, -0.15) is 0 Å². The molecule has 5 rings (SSSR count). The van der Waals surface area contributed by atoms with E-state index >= 15 is 0 Å². The lowest BCUT2D eigenvalue weighted by Crippen LogP contribution is -2.65. The fraction of sp³-hybridized carbons (Fsp3) is 0.310. The maximum atomic E-state index is 13.9. The predicted molar refractivity (Wildman–Crippen MR) is 141 cm³/mol. The molecule has 2 unspecified atom stereocenters. The zero-order valence-electron chi connectivity index (χ0n) is 22.0. The second kappa shape index (κ2) is 9.32. The molecule has 11 nitrogen and oxygen atoms in total. The number of ketones is 2. The van der Waals surface area contributed by atoms with Crippen molar-refractivity contribution in [1.29, 1.82) is 0 Å². The minimum absolute atomic E-state index is 0.00849. The fourth-order valence-corrected chi connectivity index (χ4v) is 6.42. The number of hydrogen-bond acceptors (Lipinski definition) is 10. The summed E-state index contributed by atoms with van der Waals surface area (Å²) in [6, 6.07) is 8.39. The van der Waals surface area contributed by atoms with Crippen molar-refractivity contribution in [3.8, 4) is 16.9 Å². The zero-order valence-corrected chi connectivity index (χ0v) is 22.0. The van der Waals surface area contributed by atoms with E-state index in [2.05, 4.69) is 0 Å². The molecule has 0 aromatic heterocycles. The molecule has 1 amide bonds. The van der Waals surface area contributed by atoms with Gasteiger partial charge >= 0.3 is 5.97 Å². The van der Waals surface area contributed by atoms with Crippen LogP contribution in [0.4, 0.5) is 0 Å². The van der Waals surface area contributed by atoms with Crippen molar-refractivity contribution in [2.75, 3.05) is 21.2 Å². The van der Waals surface area contributed by atoms with Gasteiger partial charge in [0.15, 0.2) is 11.4 Å². The molecule has 2 aromatic rings. The number of aromatic hydroxyl groups is 1. The second-order valence-electron chi connectivity index (χ2n) is 10.5. The fourth-order valence-electron chi connectivity index (χ4n) is 6.42. The van der Waals surface area contributed by atoms with Gasteiger partial charge in [0.25, 0.3) is 5.91 Å². The van der Waals surface area contributed by atoms with Crippen LogP contribution in [-0.2, 0) is 25.5 Å². The Bertz CT molecular complexity index is 1550. The van der Waals surface area contributed by atoms with E-state index in [0.29, 0.717) is 22.3 Å². The number of esters is 1. The van der Waals surface area contributed by atoms with Crippen molar-refractivity contribution in [2.24, 2.45) is 17.6 Å². The number of aliphatic hydroxyl groups is 3. The average molecular weight is 549 g/mol. The molecule has 6 N–H and O–H groups in total. The van der Waals surface area contributed by atoms with E-state index in [9.17, 15) is 39.6 Å². The lowest BCUT2D eigenvalue weighted by molar-refractivity contribution is -0.153. The summed E-state index contributed by atoms with van der Waals surface area (Å²) >= 11 is 0. The smallest absolute Gasteiger partial charge is 0.337 e. The van der Waals surface area contributed by atoms with E-state index in [4.69, 9.17) is 10.5 Å². The van der Waals surface area contributed by atoms with Gasteiger partial charge < -0.3 is 30.9 Å². The van der Waals surface area contributed by atoms with E-state index < -0.39 is 64.0 Å². The van der Waals surface area contributed by atoms with E-state index in [-0.39, 0.29) is 29.7 Å². The Labute approximate surface area is 228 Å². The van der Waals surface area contributed by atoms with Gasteiger partial charge in [0.05, 0.1) is 24.3 Å². The van der Waals surface area contributed by atoms with Gasteiger partial charge in [-0.25, -0.2) is 4.79 Å². The molecule has 2 aromatic carbocycles. The maximum absolute atomic E-state index is 13.9. The highest BCUT2D eigenvalue weighted by molar-refractivity contribution is 6.24. The summed E-state index contributed by atoms with van der Waals surface area (Å²) in [7, 11) is 4.36. The molecule has 0 heterocycles. The van der Waals surface area contributed by atoms with Gasteiger partial charge in [-0.05, 0) is 67.7 Å². The van der Waals surface area contributed by atoms with Crippen molar-refractivity contribution in [2.45, 2.75) is 24.5 Å². The minimum Gasteiger partial charge on any atom is -0.508 e. The van der Waals surface area contributed by atoms with E-state index in [1.165, 1.54) is 18.1 Å². The number of nitrogens with two attached hydrogens (primary N) is 1. The molecule has 0 bridgehead atoms. The highest BCUT2D eigenvalue weighted by Crippen LogP contribution is 2.53. The molecule has 40 heavy (non-hydrogen) atoms. The molecule has 1 saturated carbocycles. The number of methoxy groups -OCH3 is 1. The number of primary amides is 1. The minimum atomic E-state index is -2.69. The summed E-state index contributed by atoms with van der Waals surface area (Å²) in [5, 5.41) is 44.7. The summed E-state index contributed by atoms with van der Waals surface area (Å²) in [5.74, 6) is -7.54. The number of hydrogen-bond donors (Lipinski definition) is 5. The van der Waals surface area contributed by atoms with Gasteiger partial charge in [0, 0.05) is 11.5 Å². The number of likely N-dealkylation sites (N-methyl/N-ethyl adjacent to an activating group) is 1. The van der Waals surface area contributed by atoms with Gasteiger partial charge in [-0.3, -0.25) is 19.3 Å². The first-order valence-corrected chi connectivity index (χ1v) is 12.5. The Morgan fingerprint density at radius 2 is 1.70 bits per heavy atom.